The Balaban J connectivity index is 0.00000300. The van der Waals surface area contributed by atoms with E-state index in [9.17, 15) is 4.79 Å². The number of furan rings is 1. The highest BCUT2D eigenvalue weighted by Gasteiger charge is 2.09. The van der Waals surface area contributed by atoms with Gasteiger partial charge in [0.05, 0.1) is 6.26 Å². The van der Waals surface area contributed by atoms with Gasteiger partial charge in [0, 0.05) is 36.6 Å². The van der Waals surface area contributed by atoms with Crippen LogP contribution >= 0.6 is 35.3 Å². The van der Waals surface area contributed by atoms with Crippen LogP contribution in [-0.2, 0) is 6.54 Å². The van der Waals surface area contributed by atoms with Gasteiger partial charge in [0.15, 0.2) is 11.7 Å². The molecule has 3 N–H and O–H groups in total. The number of carbonyl (C=O) groups is 1. The summed E-state index contributed by atoms with van der Waals surface area (Å²) in [5.74, 6) is 1.21. The second kappa shape index (κ2) is 11.6. The largest absolute Gasteiger partial charge is 0.459 e. The molecule has 3 rings (SSSR count). The number of nitrogens with zero attached hydrogens (tertiary/aromatic N) is 1. The zero-order valence-electron chi connectivity index (χ0n) is 16.3. The first-order valence-corrected chi connectivity index (χ1v) is 9.95. The van der Waals surface area contributed by atoms with Crippen molar-refractivity contribution in [2.45, 2.75) is 19.4 Å². The molecule has 0 spiro atoms. The quantitative estimate of drug-likeness (QED) is 0.238. The number of hydrogen-bond acceptors (Lipinski definition) is 4. The van der Waals surface area contributed by atoms with E-state index in [1.54, 1.807) is 30.5 Å². The van der Waals surface area contributed by atoms with Gasteiger partial charge < -0.3 is 20.4 Å². The summed E-state index contributed by atoms with van der Waals surface area (Å²) >= 11 is 1.77. The highest BCUT2D eigenvalue weighted by atomic mass is 127. The molecule has 1 unspecified atom stereocenters. The number of nitrogens with one attached hydrogen (secondary N) is 3. The monoisotopic (exact) mass is 524 g/mol. The number of hydrogen-bond donors (Lipinski definition) is 3. The predicted molar refractivity (Wildman–Crippen MR) is 129 cm³/mol. The first kappa shape index (κ1) is 23.0. The molecule has 29 heavy (non-hydrogen) atoms. The number of anilines is 1. The minimum Gasteiger partial charge on any atom is -0.459 e. The lowest BCUT2D eigenvalue weighted by Gasteiger charge is -2.15. The highest BCUT2D eigenvalue weighted by Crippen LogP contribution is 2.19. The second-order valence-corrected chi connectivity index (χ2v) is 7.33. The summed E-state index contributed by atoms with van der Waals surface area (Å²) in [6.07, 6.45) is 1.48. The van der Waals surface area contributed by atoms with Crippen LogP contribution in [0, 0.1) is 0 Å². The lowest BCUT2D eigenvalue weighted by Crippen LogP contribution is -2.38. The van der Waals surface area contributed by atoms with Gasteiger partial charge in [-0.2, -0.15) is 0 Å². The second-order valence-electron chi connectivity index (χ2n) is 6.35. The Morgan fingerprint density at radius 2 is 1.93 bits per heavy atom. The Hall–Kier alpha value is -2.33. The van der Waals surface area contributed by atoms with E-state index in [1.165, 1.54) is 11.1 Å². The summed E-state index contributed by atoms with van der Waals surface area (Å²) in [6, 6.07) is 15.2. The van der Waals surface area contributed by atoms with Crippen molar-refractivity contribution in [3.8, 4) is 0 Å². The van der Waals surface area contributed by atoms with Crippen LogP contribution < -0.4 is 16.0 Å². The van der Waals surface area contributed by atoms with E-state index in [1.807, 2.05) is 24.3 Å². The minimum absolute atomic E-state index is 0. The lowest BCUT2D eigenvalue weighted by atomic mass is 10.1. The van der Waals surface area contributed by atoms with Crippen LogP contribution in [0.4, 0.5) is 5.69 Å². The fraction of sp³-hybridized carbons (Fsp3) is 0.238. The molecule has 0 radical (unpaired) electrons. The average Bonchev–Trinajstić information content (AvgIpc) is 3.43. The molecule has 0 saturated carbocycles. The number of rotatable bonds is 7. The molecule has 0 aliphatic rings. The van der Waals surface area contributed by atoms with Gasteiger partial charge in [-0.25, -0.2) is 0 Å². The van der Waals surface area contributed by atoms with Crippen LogP contribution in [0.3, 0.4) is 0 Å². The number of halogens is 1. The molecule has 0 fully saturated rings. The van der Waals surface area contributed by atoms with Gasteiger partial charge in [-0.15, -0.1) is 35.3 Å². The van der Waals surface area contributed by atoms with Crippen molar-refractivity contribution in [3.05, 3.63) is 76.4 Å². The van der Waals surface area contributed by atoms with Gasteiger partial charge in [-0.1, -0.05) is 25.1 Å². The molecular weight excluding hydrogens is 499 g/mol. The van der Waals surface area contributed by atoms with Crippen molar-refractivity contribution in [1.82, 2.24) is 10.6 Å². The van der Waals surface area contributed by atoms with Crippen molar-refractivity contribution < 1.29 is 9.21 Å². The van der Waals surface area contributed by atoms with Crippen molar-refractivity contribution in [3.63, 3.8) is 0 Å². The van der Waals surface area contributed by atoms with E-state index in [-0.39, 0.29) is 35.6 Å². The van der Waals surface area contributed by atoms with Gasteiger partial charge in [-0.3, -0.25) is 9.79 Å². The zero-order chi connectivity index (χ0) is 19.8. The lowest BCUT2D eigenvalue weighted by molar-refractivity contribution is 0.0996. The molecule has 0 bridgehead atoms. The Morgan fingerprint density at radius 3 is 2.55 bits per heavy atom. The minimum atomic E-state index is -0.264. The molecule has 2 aromatic heterocycles. The van der Waals surface area contributed by atoms with Gasteiger partial charge in [0.2, 0.25) is 0 Å². The normalized spacial score (nSPS) is 12.0. The maximum atomic E-state index is 12.0. The van der Waals surface area contributed by atoms with Crippen molar-refractivity contribution in [2.24, 2.45) is 4.99 Å². The molecular formula is C21H25IN4O2S. The predicted octanol–water partition coefficient (Wildman–Crippen LogP) is 4.68. The summed E-state index contributed by atoms with van der Waals surface area (Å²) in [5, 5.41) is 11.6. The van der Waals surface area contributed by atoms with Crippen molar-refractivity contribution in [2.75, 3.05) is 18.9 Å². The maximum Gasteiger partial charge on any atom is 0.291 e. The van der Waals surface area contributed by atoms with Gasteiger partial charge >= 0.3 is 0 Å². The average molecular weight is 524 g/mol. The van der Waals surface area contributed by atoms with E-state index in [0.29, 0.717) is 12.5 Å². The van der Waals surface area contributed by atoms with E-state index < -0.39 is 0 Å². The Labute approximate surface area is 191 Å². The standard InChI is InChI=1S/C21H24N4O2S.HI/c1-15(19-6-4-12-28-19)13-23-21(22-2)24-14-16-7-9-17(10-8-16)25-20(26)18-5-3-11-27-18;/h3-12,15H,13-14H2,1-2H3,(H,25,26)(H2,22,23,24);1H. The number of thiophene rings is 1. The molecule has 3 aromatic rings. The van der Waals surface area contributed by atoms with Gasteiger partial charge in [-0.05, 0) is 41.3 Å². The molecule has 1 amide bonds. The molecule has 1 atom stereocenters. The Morgan fingerprint density at radius 1 is 1.14 bits per heavy atom. The number of carbonyl (C=O) groups excluding carboxylic acids is 1. The third-order valence-electron chi connectivity index (χ3n) is 4.24. The van der Waals surface area contributed by atoms with Gasteiger partial charge in [0.1, 0.15) is 0 Å². The highest BCUT2D eigenvalue weighted by molar-refractivity contribution is 14.0. The van der Waals surface area contributed by atoms with Crippen LogP contribution in [0.25, 0.3) is 0 Å². The summed E-state index contributed by atoms with van der Waals surface area (Å²) in [4.78, 5) is 17.6. The zero-order valence-corrected chi connectivity index (χ0v) is 19.5. The number of benzene rings is 1. The number of aliphatic imine (C=N–C) groups is 1. The Bertz CT molecular complexity index is 893. The summed E-state index contributed by atoms with van der Waals surface area (Å²) < 4.78 is 5.09. The topological polar surface area (TPSA) is 78.7 Å². The van der Waals surface area contributed by atoms with Crippen LogP contribution in [0.15, 0.2) is 69.6 Å². The third kappa shape index (κ3) is 6.90. The van der Waals surface area contributed by atoms with E-state index in [2.05, 4.69) is 45.4 Å². The van der Waals surface area contributed by atoms with Crippen molar-refractivity contribution >= 4 is 52.9 Å². The van der Waals surface area contributed by atoms with Crippen LogP contribution in [0.1, 0.15) is 33.8 Å². The fourth-order valence-corrected chi connectivity index (χ4v) is 3.42. The fourth-order valence-electron chi connectivity index (χ4n) is 2.63. The van der Waals surface area contributed by atoms with Crippen LogP contribution in [-0.4, -0.2) is 25.5 Å². The Kier molecular flexibility index (Phi) is 9.20. The molecule has 8 heteroatoms. The first-order chi connectivity index (χ1) is 13.7. The number of amides is 1. The maximum absolute atomic E-state index is 12.0. The SMILES string of the molecule is CN=C(NCc1ccc(NC(=O)c2ccco2)cc1)NCC(C)c1cccs1.I. The van der Waals surface area contributed by atoms with E-state index >= 15 is 0 Å². The van der Waals surface area contributed by atoms with E-state index in [4.69, 9.17) is 4.42 Å². The smallest absolute Gasteiger partial charge is 0.291 e. The summed E-state index contributed by atoms with van der Waals surface area (Å²) in [6.45, 7) is 3.65. The third-order valence-corrected chi connectivity index (χ3v) is 5.35. The van der Waals surface area contributed by atoms with Crippen LogP contribution in [0.5, 0.6) is 0 Å². The molecule has 2 heterocycles. The molecule has 1 aromatic carbocycles. The van der Waals surface area contributed by atoms with Gasteiger partial charge in [0.25, 0.3) is 5.91 Å². The number of guanidine groups is 1. The molecule has 0 aliphatic heterocycles. The molecule has 6 nitrogen and oxygen atoms in total. The molecule has 154 valence electrons. The first-order valence-electron chi connectivity index (χ1n) is 9.07. The molecule has 0 aliphatic carbocycles. The van der Waals surface area contributed by atoms with Crippen molar-refractivity contribution in [1.29, 1.82) is 0 Å². The summed E-state index contributed by atoms with van der Waals surface area (Å²) in [7, 11) is 1.76. The molecule has 0 saturated heterocycles. The van der Waals surface area contributed by atoms with Crippen LogP contribution in [0.2, 0.25) is 0 Å². The van der Waals surface area contributed by atoms with E-state index in [0.717, 1.165) is 23.8 Å². The summed E-state index contributed by atoms with van der Waals surface area (Å²) in [5.41, 5.74) is 1.81.